The average molecular weight is 819 g/mol. The lowest BCUT2D eigenvalue weighted by atomic mass is 9.85. The van der Waals surface area contributed by atoms with Crippen molar-refractivity contribution in [3.05, 3.63) is 169 Å². The molecule has 2 aliphatic rings. The highest BCUT2D eigenvalue weighted by atomic mass is 16.2. The van der Waals surface area contributed by atoms with Crippen molar-refractivity contribution in [1.29, 1.82) is 0 Å². The quantitative estimate of drug-likeness (QED) is 0.162. The standard InChI is InChI=1S/2C25H23N5O/c1-16-13-26-9-8-22(16)29-14-21(28-15-29)18-5-6-20-23(12-18)30(24(31)25(20,3)4)19-7-10-27-17(2)11-19;1-16-11-19(7-9-26-16)29-14-22(28-15-29)18-5-6-21-23(13-18)30(24(31)25(21,3)4)20-8-10-27-17(2)12-20/h2*5-15H,1-4H3. The molecule has 10 rings (SSSR count). The third-order valence-electron chi connectivity index (χ3n) is 11.8. The topological polar surface area (TPSA) is 128 Å². The van der Waals surface area contributed by atoms with Crippen LogP contribution in [0.3, 0.4) is 0 Å². The van der Waals surface area contributed by atoms with E-state index in [9.17, 15) is 9.59 Å². The van der Waals surface area contributed by atoms with E-state index in [0.29, 0.717) is 0 Å². The monoisotopic (exact) mass is 818 g/mol. The molecule has 0 bridgehead atoms. The molecule has 0 atom stereocenters. The third kappa shape index (κ3) is 6.92. The molecule has 12 heteroatoms. The van der Waals surface area contributed by atoms with Crippen LogP contribution in [-0.4, -0.2) is 50.9 Å². The first-order valence-corrected chi connectivity index (χ1v) is 20.5. The predicted molar refractivity (Wildman–Crippen MR) is 241 cm³/mol. The zero-order chi connectivity index (χ0) is 43.5. The van der Waals surface area contributed by atoms with Crippen LogP contribution in [0.15, 0.2) is 135 Å². The van der Waals surface area contributed by atoms with Gasteiger partial charge in [0.15, 0.2) is 0 Å². The fourth-order valence-electron chi connectivity index (χ4n) is 8.33. The van der Waals surface area contributed by atoms with Crippen molar-refractivity contribution in [1.82, 2.24) is 39.0 Å². The number of aromatic nitrogens is 8. The van der Waals surface area contributed by atoms with Gasteiger partial charge >= 0.3 is 0 Å². The van der Waals surface area contributed by atoms with E-state index in [-0.39, 0.29) is 11.8 Å². The molecule has 0 saturated heterocycles. The van der Waals surface area contributed by atoms with Crippen molar-refractivity contribution in [3.8, 4) is 33.9 Å². The fourth-order valence-corrected chi connectivity index (χ4v) is 8.33. The van der Waals surface area contributed by atoms with Gasteiger partial charge < -0.3 is 9.13 Å². The Labute approximate surface area is 360 Å². The first-order valence-electron chi connectivity index (χ1n) is 20.5. The van der Waals surface area contributed by atoms with E-state index in [1.54, 1.807) is 40.9 Å². The summed E-state index contributed by atoms with van der Waals surface area (Å²) in [5, 5.41) is 0. The van der Waals surface area contributed by atoms with Crippen molar-refractivity contribution >= 4 is 34.6 Å². The Morgan fingerprint density at radius 1 is 0.468 bits per heavy atom. The average Bonchev–Trinajstić information content (AvgIpc) is 4.03. The Balaban J connectivity index is 0.000000158. The summed E-state index contributed by atoms with van der Waals surface area (Å²) in [6.07, 6.45) is 16.5. The molecule has 308 valence electrons. The number of nitrogens with zero attached hydrogens (tertiary/aromatic N) is 10. The minimum atomic E-state index is -0.599. The highest BCUT2D eigenvalue weighted by Crippen LogP contribution is 2.48. The number of fused-ring (bicyclic) bond motifs is 2. The van der Waals surface area contributed by atoms with Gasteiger partial charge in [0, 0.05) is 77.3 Å². The predicted octanol–water partition coefficient (Wildman–Crippen LogP) is 9.80. The molecule has 8 heterocycles. The van der Waals surface area contributed by atoms with Gasteiger partial charge in [0.05, 0.1) is 63.3 Å². The van der Waals surface area contributed by atoms with Crippen molar-refractivity contribution in [2.75, 3.05) is 9.80 Å². The van der Waals surface area contributed by atoms with Gasteiger partial charge in [-0.2, -0.15) is 0 Å². The van der Waals surface area contributed by atoms with Crippen LogP contribution < -0.4 is 9.80 Å². The second kappa shape index (κ2) is 15.1. The molecule has 2 aliphatic heterocycles. The number of anilines is 4. The van der Waals surface area contributed by atoms with Crippen LogP contribution in [-0.2, 0) is 20.4 Å². The summed E-state index contributed by atoms with van der Waals surface area (Å²) < 4.78 is 3.98. The summed E-state index contributed by atoms with van der Waals surface area (Å²) in [5.74, 6) is 0.117. The lowest BCUT2D eigenvalue weighted by molar-refractivity contribution is -0.122. The number of pyridine rings is 4. The molecule has 0 N–H and O–H groups in total. The first-order chi connectivity index (χ1) is 29.7. The van der Waals surface area contributed by atoms with Gasteiger partial charge in [-0.3, -0.25) is 39.3 Å². The minimum absolute atomic E-state index is 0.0584. The number of rotatable bonds is 6. The smallest absolute Gasteiger partial charge is 0.241 e. The molecule has 0 unspecified atom stereocenters. The van der Waals surface area contributed by atoms with Crippen molar-refractivity contribution in [3.63, 3.8) is 0 Å². The lowest BCUT2D eigenvalue weighted by Crippen LogP contribution is -2.33. The number of imidazole rings is 2. The number of aryl methyl sites for hydroxylation is 4. The number of carbonyl (C=O) groups is 2. The third-order valence-corrected chi connectivity index (χ3v) is 11.8. The SMILES string of the molecule is Cc1cc(N2C(=O)C(C)(C)c3ccc(-c4cn(-c5ccnc(C)c5)cn4)cc32)ccn1.Cc1cc(N2C(=O)C(C)(C)c3ccc(-c4cn(-c5ccncc5C)cn4)cc32)ccn1. The highest BCUT2D eigenvalue weighted by molar-refractivity contribution is 6.14. The molecular weight excluding hydrogens is 773 g/mol. The molecule has 0 fully saturated rings. The fraction of sp³-hybridized carbons (Fsp3) is 0.200. The van der Waals surface area contributed by atoms with Gasteiger partial charge in [-0.1, -0.05) is 24.3 Å². The van der Waals surface area contributed by atoms with Crippen LogP contribution in [0.5, 0.6) is 0 Å². The van der Waals surface area contributed by atoms with Crippen molar-refractivity contribution in [2.45, 2.75) is 66.2 Å². The second-order valence-electron chi connectivity index (χ2n) is 17.0. The molecule has 6 aromatic heterocycles. The largest absolute Gasteiger partial charge is 0.306 e. The molecule has 0 spiro atoms. The number of carbonyl (C=O) groups excluding carboxylic acids is 2. The molecule has 2 aromatic carbocycles. The molecule has 0 saturated carbocycles. The Hall–Kier alpha value is -7.60. The number of amides is 2. The van der Waals surface area contributed by atoms with E-state index in [0.717, 1.165) is 90.4 Å². The van der Waals surface area contributed by atoms with Crippen LogP contribution >= 0.6 is 0 Å². The number of hydrogen-bond acceptors (Lipinski definition) is 8. The van der Waals surface area contributed by atoms with E-state index in [4.69, 9.17) is 0 Å². The van der Waals surface area contributed by atoms with E-state index >= 15 is 0 Å². The van der Waals surface area contributed by atoms with Crippen LogP contribution in [0.25, 0.3) is 33.9 Å². The minimum Gasteiger partial charge on any atom is -0.306 e. The Kier molecular flexibility index (Phi) is 9.73. The van der Waals surface area contributed by atoms with E-state index < -0.39 is 10.8 Å². The van der Waals surface area contributed by atoms with Crippen molar-refractivity contribution < 1.29 is 9.59 Å². The lowest BCUT2D eigenvalue weighted by Gasteiger charge is -2.20. The zero-order valence-corrected chi connectivity index (χ0v) is 36.0. The summed E-state index contributed by atoms with van der Waals surface area (Å²) in [6, 6.07) is 25.9. The normalized spacial score (nSPS) is 14.7. The van der Waals surface area contributed by atoms with Gasteiger partial charge in [-0.15, -0.1) is 0 Å². The molecule has 0 radical (unpaired) electrons. The number of hydrogen-bond donors (Lipinski definition) is 0. The van der Waals surface area contributed by atoms with E-state index in [1.807, 2.05) is 156 Å². The van der Waals surface area contributed by atoms with E-state index in [1.165, 1.54) is 0 Å². The maximum atomic E-state index is 13.4. The number of benzene rings is 2. The summed E-state index contributed by atoms with van der Waals surface area (Å²) in [4.78, 5) is 56.5. The van der Waals surface area contributed by atoms with Gasteiger partial charge in [-0.05, 0) is 127 Å². The summed E-state index contributed by atoms with van der Waals surface area (Å²) in [7, 11) is 0. The van der Waals surface area contributed by atoms with Crippen LogP contribution in [0.1, 0.15) is 61.5 Å². The molecule has 12 nitrogen and oxygen atoms in total. The van der Waals surface area contributed by atoms with Crippen LogP contribution in [0.4, 0.5) is 22.7 Å². The Morgan fingerprint density at radius 2 is 0.919 bits per heavy atom. The molecular formula is C50H46N10O2. The Bertz CT molecular complexity index is 3050. The van der Waals surface area contributed by atoms with Gasteiger partial charge in [0.25, 0.3) is 0 Å². The summed E-state index contributed by atoms with van der Waals surface area (Å²) in [5.41, 5.74) is 13.7. The van der Waals surface area contributed by atoms with Crippen LogP contribution in [0.2, 0.25) is 0 Å². The van der Waals surface area contributed by atoms with Crippen molar-refractivity contribution in [2.24, 2.45) is 0 Å². The Morgan fingerprint density at radius 3 is 1.40 bits per heavy atom. The van der Waals surface area contributed by atoms with Gasteiger partial charge in [0.1, 0.15) is 0 Å². The molecule has 8 aromatic rings. The summed E-state index contributed by atoms with van der Waals surface area (Å²) in [6.45, 7) is 15.8. The van der Waals surface area contributed by atoms with Gasteiger partial charge in [-0.25, -0.2) is 9.97 Å². The van der Waals surface area contributed by atoms with Crippen LogP contribution in [0, 0.1) is 27.7 Å². The van der Waals surface area contributed by atoms with E-state index in [2.05, 4.69) is 42.0 Å². The maximum absolute atomic E-state index is 13.4. The zero-order valence-electron chi connectivity index (χ0n) is 36.0. The second-order valence-corrected chi connectivity index (χ2v) is 17.0. The molecule has 0 aliphatic carbocycles. The summed E-state index contributed by atoms with van der Waals surface area (Å²) >= 11 is 0. The highest BCUT2D eigenvalue weighted by Gasteiger charge is 2.46. The first kappa shape index (κ1) is 39.8. The van der Waals surface area contributed by atoms with Gasteiger partial charge in [0.2, 0.25) is 11.8 Å². The molecule has 2 amide bonds. The maximum Gasteiger partial charge on any atom is 0.241 e. The molecule has 62 heavy (non-hydrogen) atoms.